The molecule has 1 aromatic carbocycles. The van der Waals surface area contributed by atoms with Crippen molar-refractivity contribution in [2.75, 3.05) is 19.7 Å². The molecule has 0 spiro atoms. The minimum Gasteiger partial charge on any atom is -0.483 e. The Balaban J connectivity index is 2.79. The van der Waals surface area contributed by atoms with Gasteiger partial charge in [-0.05, 0) is 32.9 Å². The highest BCUT2D eigenvalue weighted by Crippen LogP contribution is 2.20. The summed E-state index contributed by atoms with van der Waals surface area (Å²) in [4.78, 5) is 24.7. The molecule has 0 heterocycles. The molecule has 0 aliphatic rings. The Bertz CT molecular complexity index is 470. The van der Waals surface area contributed by atoms with Gasteiger partial charge in [0.25, 0.3) is 5.91 Å². The third-order valence-electron chi connectivity index (χ3n) is 2.79. The zero-order chi connectivity index (χ0) is 14.4. The van der Waals surface area contributed by atoms with Crippen LogP contribution < -0.4 is 4.74 Å². The van der Waals surface area contributed by atoms with Crippen LogP contribution in [0.1, 0.15) is 31.1 Å². The van der Waals surface area contributed by atoms with Crippen molar-refractivity contribution in [2.45, 2.75) is 20.8 Å². The van der Waals surface area contributed by atoms with Crippen molar-refractivity contribution in [1.82, 2.24) is 4.90 Å². The zero-order valence-electron chi connectivity index (χ0n) is 11.4. The molecule has 0 unspecified atom stereocenters. The second-order valence-electron chi connectivity index (χ2n) is 4.05. The summed E-state index contributed by atoms with van der Waals surface area (Å²) in [5.41, 5.74) is 0.272. The molecule has 0 aliphatic heterocycles. The Hall–Kier alpha value is -1.91. The molecule has 0 saturated heterocycles. The first-order valence-corrected chi connectivity index (χ1v) is 6.20. The topological polar surface area (TPSA) is 46.6 Å². The number of benzene rings is 1. The van der Waals surface area contributed by atoms with E-state index in [1.54, 1.807) is 4.90 Å². The Morgan fingerprint density at radius 2 is 1.89 bits per heavy atom. The number of ether oxygens (including phenoxy) is 1. The average Bonchev–Trinajstić information content (AvgIpc) is 2.37. The molecule has 0 radical (unpaired) electrons. The van der Waals surface area contributed by atoms with Crippen LogP contribution in [-0.2, 0) is 4.79 Å². The SMILES string of the molecule is CCN(CC)C(=O)COc1cc(F)ccc1C(C)=O. The Kier molecular flexibility index (Phi) is 5.48. The monoisotopic (exact) mass is 267 g/mol. The van der Waals surface area contributed by atoms with Gasteiger partial charge in [0.15, 0.2) is 12.4 Å². The Morgan fingerprint density at radius 1 is 1.26 bits per heavy atom. The van der Waals surface area contributed by atoms with E-state index in [0.29, 0.717) is 13.1 Å². The predicted molar refractivity (Wildman–Crippen MR) is 69.8 cm³/mol. The quantitative estimate of drug-likeness (QED) is 0.743. The Morgan fingerprint density at radius 3 is 2.42 bits per heavy atom. The number of carbonyl (C=O) groups is 2. The number of carbonyl (C=O) groups excluding carboxylic acids is 2. The van der Waals surface area contributed by atoms with Crippen molar-refractivity contribution in [3.05, 3.63) is 29.6 Å². The van der Waals surface area contributed by atoms with Crippen molar-refractivity contribution in [1.29, 1.82) is 0 Å². The molecule has 1 rings (SSSR count). The maximum absolute atomic E-state index is 13.1. The standard InChI is InChI=1S/C14H18FNO3/c1-4-16(5-2)14(18)9-19-13-8-11(15)6-7-12(13)10(3)17/h6-8H,4-5,9H2,1-3H3. The van der Waals surface area contributed by atoms with Gasteiger partial charge in [0, 0.05) is 19.2 Å². The molecule has 104 valence electrons. The molecule has 5 heteroatoms. The van der Waals surface area contributed by atoms with Crippen molar-refractivity contribution < 1.29 is 18.7 Å². The van der Waals surface area contributed by atoms with Gasteiger partial charge < -0.3 is 9.64 Å². The van der Waals surface area contributed by atoms with Crippen molar-refractivity contribution in [3.63, 3.8) is 0 Å². The number of ketones is 1. The summed E-state index contributed by atoms with van der Waals surface area (Å²) >= 11 is 0. The lowest BCUT2D eigenvalue weighted by Crippen LogP contribution is -2.34. The van der Waals surface area contributed by atoms with Crippen LogP contribution in [-0.4, -0.2) is 36.3 Å². The van der Waals surface area contributed by atoms with Gasteiger partial charge in [-0.2, -0.15) is 0 Å². The maximum atomic E-state index is 13.1. The average molecular weight is 267 g/mol. The first-order chi connectivity index (χ1) is 8.99. The molecule has 1 aromatic rings. The molecule has 0 bridgehead atoms. The highest BCUT2D eigenvalue weighted by atomic mass is 19.1. The maximum Gasteiger partial charge on any atom is 0.260 e. The molecule has 0 aromatic heterocycles. The summed E-state index contributed by atoms with van der Waals surface area (Å²) < 4.78 is 18.4. The summed E-state index contributed by atoms with van der Waals surface area (Å²) in [7, 11) is 0. The lowest BCUT2D eigenvalue weighted by atomic mass is 10.1. The van der Waals surface area contributed by atoms with E-state index in [-0.39, 0.29) is 29.6 Å². The van der Waals surface area contributed by atoms with Crippen LogP contribution in [0.25, 0.3) is 0 Å². The van der Waals surface area contributed by atoms with Gasteiger partial charge >= 0.3 is 0 Å². The second-order valence-corrected chi connectivity index (χ2v) is 4.05. The van der Waals surface area contributed by atoms with Crippen LogP contribution in [0.15, 0.2) is 18.2 Å². The molecule has 19 heavy (non-hydrogen) atoms. The minimum absolute atomic E-state index is 0.105. The fourth-order valence-electron chi connectivity index (χ4n) is 1.71. The second kappa shape index (κ2) is 6.87. The van der Waals surface area contributed by atoms with E-state index in [9.17, 15) is 14.0 Å². The molecule has 0 N–H and O–H groups in total. The van der Waals surface area contributed by atoms with E-state index in [1.807, 2.05) is 13.8 Å². The van der Waals surface area contributed by atoms with Crippen molar-refractivity contribution >= 4 is 11.7 Å². The largest absolute Gasteiger partial charge is 0.483 e. The normalized spacial score (nSPS) is 10.1. The van der Waals surface area contributed by atoms with E-state index < -0.39 is 5.82 Å². The van der Waals surface area contributed by atoms with Gasteiger partial charge in [-0.25, -0.2) is 4.39 Å². The van der Waals surface area contributed by atoms with E-state index >= 15 is 0 Å². The number of amides is 1. The third kappa shape index (κ3) is 4.05. The molecular formula is C14H18FNO3. The molecule has 0 fully saturated rings. The first kappa shape index (κ1) is 15.1. The zero-order valence-corrected chi connectivity index (χ0v) is 11.4. The van der Waals surface area contributed by atoms with Crippen LogP contribution in [0.4, 0.5) is 4.39 Å². The minimum atomic E-state index is -0.504. The fraction of sp³-hybridized carbons (Fsp3) is 0.429. The fourth-order valence-corrected chi connectivity index (χ4v) is 1.71. The van der Waals surface area contributed by atoms with Gasteiger partial charge in [0.1, 0.15) is 11.6 Å². The van der Waals surface area contributed by atoms with E-state index in [2.05, 4.69) is 0 Å². The summed E-state index contributed by atoms with van der Waals surface area (Å²) in [6, 6.07) is 3.66. The Labute approximate surface area is 112 Å². The van der Waals surface area contributed by atoms with Crippen LogP contribution in [0.5, 0.6) is 5.75 Å². The van der Waals surface area contributed by atoms with E-state index in [0.717, 1.165) is 6.07 Å². The summed E-state index contributed by atoms with van der Waals surface area (Å²) in [6.07, 6.45) is 0. The molecule has 0 atom stereocenters. The van der Waals surface area contributed by atoms with E-state index in [1.165, 1.54) is 19.1 Å². The molecular weight excluding hydrogens is 249 g/mol. The summed E-state index contributed by atoms with van der Waals surface area (Å²) in [6.45, 7) is 6.07. The number of nitrogens with zero attached hydrogens (tertiary/aromatic N) is 1. The van der Waals surface area contributed by atoms with Crippen molar-refractivity contribution in [3.8, 4) is 5.75 Å². The van der Waals surface area contributed by atoms with Crippen molar-refractivity contribution in [2.24, 2.45) is 0 Å². The van der Waals surface area contributed by atoms with Crippen LogP contribution >= 0.6 is 0 Å². The summed E-state index contributed by atoms with van der Waals surface area (Å²) in [5.74, 6) is -0.822. The number of hydrogen-bond donors (Lipinski definition) is 0. The van der Waals surface area contributed by atoms with Gasteiger partial charge in [0.2, 0.25) is 0 Å². The molecule has 0 saturated carbocycles. The number of likely N-dealkylation sites (N-methyl/N-ethyl adjacent to an activating group) is 1. The third-order valence-corrected chi connectivity index (χ3v) is 2.79. The highest BCUT2D eigenvalue weighted by Gasteiger charge is 2.14. The van der Waals surface area contributed by atoms with Crippen LogP contribution in [0.2, 0.25) is 0 Å². The number of hydrogen-bond acceptors (Lipinski definition) is 3. The van der Waals surface area contributed by atoms with E-state index in [4.69, 9.17) is 4.74 Å². The molecule has 0 aliphatic carbocycles. The van der Waals surface area contributed by atoms with Crippen LogP contribution in [0, 0.1) is 5.82 Å². The number of Topliss-reactive ketones (excluding diaryl/α,β-unsaturated/α-hetero) is 1. The smallest absolute Gasteiger partial charge is 0.260 e. The lowest BCUT2D eigenvalue weighted by molar-refractivity contribution is -0.132. The first-order valence-electron chi connectivity index (χ1n) is 6.20. The predicted octanol–water partition coefficient (Wildman–Crippen LogP) is 2.28. The van der Waals surface area contributed by atoms with Crippen LogP contribution in [0.3, 0.4) is 0 Å². The van der Waals surface area contributed by atoms with Gasteiger partial charge in [-0.3, -0.25) is 9.59 Å². The van der Waals surface area contributed by atoms with Gasteiger partial charge in [-0.15, -0.1) is 0 Å². The lowest BCUT2D eigenvalue weighted by Gasteiger charge is -2.19. The highest BCUT2D eigenvalue weighted by molar-refractivity contribution is 5.96. The molecule has 4 nitrogen and oxygen atoms in total. The summed E-state index contributed by atoms with van der Waals surface area (Å²) in [5, 5.41) is 0. The van der Waals surface area contributed by atoms with Gasteiger partial charge in [0.05, 0.1) is 5.56 Å². The molecule has 1 amide bonds. The van der Waals surface area contributed by atoms with Gasteiger partial charge in [-0.1, -0.05) is 0 Å². The number of halogens is 1. The number of rotatable bonds is 6.